The van der Waals surface area contributed by atoms with Crippen molar-refractivity contribution in [2.75, 3.05) is 25.1 Å². The maximum atomic E-state index is 12.9. The van der Waals surface area contributed by atoms with Crippen LogP contribution in [0, 0.1) is 5.92 Å². The van der Waals surface area contributed by atoms with E-state index in [2.05, 4.69) is 0 Å². The van der Waals surface area contributed by atoms with Crippen LogP contribution in [-0.2, 0) is 25.3 Å². The fourth-order valence-electron chi connectivity index (χ4n) is 3.78. The van der Waals surface area contributed by atoms with Crippen molar-refractivity contribution in [3.05, 3.63) is 29.8 Å². The first-order valence-corrected chi connectivity index (χ1v) is 8.69. The topological polar surface area (TPSA) is 68.1 Å². The third-order valence-electron chi connectivity index (χ3n) is 5.23. The van der Waals surface area contributed by atoms with E-state index in [0.29, 0.717) is 25.9 Å². The Labute approximate surface area is 153 Å². The number of anilines is 1. The summed E-state index contributed by atoms with van der Waals surface area (Å²) in [4.78, 5) is 38.4. The highest BCUT2D eigenvalue weighted by atomic mass is 19.4. The average Bonchev–Trinajstić information content (AvgIpc) is 2.95. The zero-order chi connectivity index (χ0) is 19.8. The predicted octanol–water partition coefficient (Wildman–Crippen LogP) is 0.805. The van der Waals surface area contributed by atoms with Crippen molar-refractivity contribution in [3.63, 3.8) is 0 Å². The maximum absolute atomic E-state index is 12.9. The number of carbonyl (C=O) groups is 3. The molecule has 3 rings (SSSR count). The van der Waals surface area contributed by atoms with Gasteiger partial charge in [-0.15, -0.1) is 0 Å². The van der Waals surface area contributed by atoms with Crippen molar-refractivity contribution >= 4 is 23.5 Å². The Morgan fingerprint density at radius 2 is 1.89 bits per heavy atom. The first-order valence-electron chi connectivity index (χ1n) is 8.69. The summed E-state index contributed by atoms with van der Waals surface area (Å²) in [5, 5.41) is 0. The van der Waals surface area contributed by atoms with Crippen molar-refractivity contribution in [1.82, 2.24) is 0 Å². The summed E-state index contributed by atoms with van der Waals surface area (Å²) >= 11 is 0. The SMILES string of the molecule is COC(=O)C1CC[NH+]([C@@H]2CC(=O)N(c3cccc(C(F)(F)F)c3)C2=O)CC1. The van der Waals surface area contributed by atoms with Crippen LogP contribution in [0.2, 0.25) is 0 Å². The van der Waals surface area contributed by atoms with Crippen molar-refractivity contribution in [2.24, 2.45) is 5.92 Å². The highest BCUT2D eigenvalue weighted by molar-refractivity contribution is 6.21. The molecule has 0 aromatic heterocycles. The normalized spacial score (nSPS) is 26.4. The van der Waals surface area contributed by atoms with Gasteiger partial charge in [0.15, 0.2) is 6.04 Å². The lowest BCUT2D eigenvalue weighted by atomic mass is 9.95. The quantitative estimate of drug-likeness (QED) is 0.618. The van der Waals surface area contributed by atoms with E-state index in [0.717, 1.165) is 21.9 Å². The third-order valence-corrected chi connectivity index (χ3v) is 5.23. The van der Waals surface area contributed by atoms with Gasteiger partial charge in [-0.25, -0.2) is 4.90 Å². The van der Waals surface area contributed by atoms with Gasteiger partial charge in [0.2, 0.25) is 5.91 Å². The fourth-order valence-corrected chi connectivity index (χ4v) is 3.78. The Morgan fingerprint density at radius 1 is 1.22 bits per heavy atom. The number of hydrogen-bond acceptors (Lipinski definition) is 4. The lowest BCUT2D eigenvalue weighted by Gasteiger charge is -2.30. The van der Waals surface area contributed by atoms with Crippen molar-refractivity contribution in [3.8, 4) is 0 Å². The van der Waals surface area contributed by atoms with Crippen molar-refractivity contribution < 1.29 is 37.2 Å². The minimum absolute atomic E-state index is 0.0483. The molecule has 2 aliphatic rings. The molecule has 0 radical (unpaired) electrons. The largest absolute Gasteiger partial charge is 0.469 e. The molecule has 1 aromatic rings. The molecule has 9 heteroatoms. The Kier molecular flexibility index (Phi) is 5.23. The van der Waals surface area contributed by atoms with Gasteiger partial charge in [-0.05, 0) is 18.2 Å². The summed E-state index contributed by atoms with van der Waals surface area (Å²) in [6.07, 6.45) is -3.51. The van der Waals surface area contributed by atoms with Crippen LogP contribution in [0.1, 0.15) is 24.8 Å². The molecule has 0 bridgehead atoms. The van der Waals surface area contributed by atoms with Crippen LogP contribution in [0.3, 0.4) is 0 Å². The van der Waals surface area contributed by atoms with E-state index in [1.807, 2.05) is 0 Å². The number of ether oxygens (including phenoxy) is 1. The Bertz CT molecular complexity index is 757. The van der Waals surface area contributed by atoms with Crippen LogP contribution in [0.15, 0.2) is 24.3 Å². The van der Waals surface area contributed by atoms with Gasteiger partial charge in [0.1, 0.15) is 0 Å². The minimum Gasteiger partial charge on any atom is -0.469 e. The van der Waals surface area contributed by atoms with Crippen LogP contribution in [-0.4, -0.2) is 44.0 Å². The van der Waals surface area contributed by atoms with Crippen LogP contribution in [0.4, 0.5) is 18.9 Å². The number of nitrogens with zero attached hydrogens (tertiary/aromatic N) is 1. The molecule has 1 aromatic carbocycles. The number of rotatable bonds is 3. The first-order chi connectivity index (χ1) is 12.7. The summed E-state index contributed by atoms with van der Waals surface area (Å²) in [6, 6.07) is 3.59. The molecule has 0 unspecified atom stereocenters. The molecule has 2 fully saturated rings. The fraction of sp³-hybridized carbons (Fsp3) is 0.500. The molecule has 27 heavy (non-hydrogen) atoms. The molecule has 0 aliphatic carbocycles. The number of piperidine rings is 1. The van der Waals surface area contributed by atoms with Gasteiger partial charge in [0, 0.05) is 12.8 Å². The number of likely N-dealkylation sites (tertiary alicyclic amines) is 1. The first kappa shape index (κ1) is 19.3. The molecule has 2 aliphatic heterocycles. The van der Waals surface area contributed by atoms with E-state index in [4.69, 9.17) is 4.74 Å². The Balaban J connectivity index is 1.74. The average molecular weight is 385 g/mol. The van der Waals surface area contributed by atoms with Crippen LogP contribution < -0.4 is 9.80 Å². The Hall–Kier alpha value is -2.42. The van der Waals surface area contributed by atoms with Crippen molar-refractivity contribution in [2.45, 2.75) is 31.5 Å². The summed E-state index contributed by atoms with van der Waals surface area (Å²) in [5.74, 6) is -1.50. The highest BCUT2D eigenvalue weighted by Gasteiger charge is 2.47. The van der Waals surface area contributed by atoms with E-state index >= 15 is 0 Å². The third kappa shape index (κ3) is 3.83. The maximum Gasteiger partial charge on any atom is 0.416 e. The molecule has 6 nitrogen and oxygen atoms in total. The van der Waals surface area contributed by atoms with Gasteiger partial charge in [-0.2, -0.15) is 13.2 Å². The lowest BCUT2D eigenvalue weighted by molar-refractivity contribution is -0.920. The molecule has 1 atom stereocenters. The molecular weight excluding hydrogens is 365 g/mol. The van der Waals surface area contributed by atoms with Crippen molar-refractivity contribution in [1.29, 1.82) is 0 Å². The van der Waals surface area contributed by atoms with Crippen LogP contribution >= 0.6 is 0 Å². The summed E-state index contributed by atoms with van der Waals surface area (Å²) in [5.41, 5.74) is -0.971. The van der Waals surface area contributed by atoms with E-state index in [1.165, 1.54) is 19.2 Å². The lowest BCUT2D eigenvalue weighted by Crippen LogP contribution is -3.17. The number of halogens is 3. The molecule has 2 amide bonds. The smallest absolute Gasteiger partial charge is 0.416 e. The monoisotopic (exact) mass is 385 g/mol. The number of methoxy groups -OCH3 is 1. The number of alkyl halides is 3. The summed E-state index contributed by atoms with van der Waals surface area (Å²) in [7, 11) is 1.33. The second-order valence-electron chi connectivity index (χ2n) is 6.83. The molecule has 0 spiro atoms. The van der Waals surface area contributed by atoms with Gasteiger partial charge in [0.05, 0.1) is 43.8 Å². The number of benzene rings is 1. The van der Waals surface area contributed by atoms with Gasteiger partial charge in [-0.3, -0.25) is 14.4 Å². The number of imide groups is 1. The number of nitrogens with one attached hydrogen (secondary N) is 1. The van der Waals surface area contributed by atoms with Crippen LogP contribution in [0.5, 0.6) is 0 Å². The van der Waals surface area contributed by atoms with Gasteiger partial charge in [-0.1, -0.05) is 6.07 Å². The number of carbonyl (C=O) groups excluding carboxylic acids is 3. The molecular formula is C18H20F3N2O4+. The second kappa shape index (κ2) is 7.30. The number of esters is 1. The molecule has 2 saturated heterocycles. The van der Waals surface area contributed by atoms with Gasteiger partial charge < -0.3 is 9.64 Å². The van der Waals surface area contributed by atoms with E-state index in [9.17, 15) is 27.6 Å². The summed E-state index contributed by atoms with van der Waals surface area (Å²) in [6.45, 7) is 1.06. The Morgan fingerprint density at radius 3 is 2.48 bits per heavy atom. The number of quaternary nitrogens is 1. The predicted molar refractivity (Wildman–Crippen MR) is 87.8 cm³/mol. The molecule has 146 valence electrons. The van der Waals surface area contributed by atoms with Crippen LogP contribution in [0.25, 0.3) is 0 Å². The standard InChI is InChI=1S/C18H19F3N2O4/c1-27-17(26)11-5-7-22(8-6-11)14-10-15(24)23(16(14)25)13-4-2-3-12(9-13)18(19,20)21/h2-4,9,11,14H,5-8,10H2,1H3/p+1/t14-/m1/s1. The number of hydrogen-bond donors (Lipinski definition) is 1. The zero-order valence-electron chi connectivity index (χ0n) is 14.7. The van der Waals surface area contributed by atoms with Gasteiger partial charge in [0.25, 0.3) is 5.91 Å². The molecule has 2 heterocycles. The minimum atomic E-state index is -4.55. The highest BCUT2D eigenvalue weighted by Crippen LogP contribution is 2.33. The zero-order valence-corrected chi connectivity index (χ0v) is 14.7. The van der Waals surface area contributed by atoms with E-state index in [-0.39, 0.29) is 24.0 Å². The molecule has 0 saturated carbocycles. The summed E-state index contributed by atoms with van der Waals surface area (Å²) < 4.78 is 43.5. The second-order valence-corrected chi connectivity index (χ2v) is 6.83. The molecule has 1 N–H and O–H groups in total. The number of amides is 2. The van der Waals surface area contributed by atoms with E-state index in [1.54, 1.807) is 0 Å². The van der Waals surface area contributed by atoms with E-state index < -0.39 is 29.6 Å². The van der Waals surface area contributed by atoms with Gasteiger partial charge >= 0.3 is 12.1 Å².